The Balaban J connectivity index is 1.03. The zero-order valence-electron chi connectivity index (χ0n) is 33.8. The standard InChI is InChI=1S/C58H48/c1-41-9-28-50(29-10-41)57(51-30-11-42(2)12-31-51)39-47-22-17-45(18-23-47)21-26-49-37-54-7-5-6-8-56(54)55(38-49)36-27-46-19-24-48(25-20-46)40-58(52-32-13-43(3)14-33-52)53-34-15-44(4)16-35-53/h5-40H,1-4H3. The maximum absolute atomic E-state index is 2.30. The fourth-order valence-electron chi connectivity index (χ4n) is 7.32. The number of hydrogen-bond acceptors (Lipinski definition) is 0. The summed E-state index contributed by atoms with van der Waals surface area (Å²) in [5.74, 6) is 0. The Labute approximate surface area is 344 Å². The predicted molar refractivity (Wildman–Crippen MR) is 253 cm³/mol. The summed E-state index contributed by atoms with van der Waals surface area (Å²) < 4.78 is 0. The van der Waals surface area contributed by atoms with Crippen molar-refractivity contribution in [1.29, 1.82) is 0 Å². The van der Waals surface area contributed by atoms with Crippen LogP contribution in [0.5, 0.6) is 0 Å². The summed E-state index contributed by atoms with van der Waals surface area (Å²) in [6.45, 7) is 8.54. The topological polar surface area (TPSA) is 0 Å². The Morgan fingerprint density at radius 1 is 0.310 bits per heavy atom. The van der Waals surface area contributed by atoms with Crippen molar-refractivity contribution in [3.05, 3.63) is 260 Å². The molecule has 0 atom stereocenters. The Kier molecular flexibility index (Phi) is 11.4. The Morgan fingerprint density at radius 2 is 0.655 bits per heavy atom. The molecule has 0 N–H and O–H groups in total. The highest BCUT2D eigenvalue weighted by Crippen LogP contribution is 2.30. The third kappa shape index (κ3) is 9.32. The SMILES string of the molecule is Cc1ccc(C(=Cc2ccc(C=Cc3cc(C=Cc4ccc(C=C(c5ccc(C)cc5)c5ccc(C)cc5)cc4)c4ccccc4c3)cc2)c2ccc(C)cc2)cc1. The van der Waals surface area contributed by atoms with Crippen molar-refractivity contribution in [2.24, 2.45) is 0 Å². The Morgan fingerprint density at radius 3 is 1.07 bits per heavy atom. The molecule has 0 aromatic heterocycles. The van der Waals surface area contributed by atoms with Crippen LogP contribution in [-0.4, -0.2) is 0 Å². The monoisotopic (exact) mass is 744 g/mol. The molecule has 0 aliphatic rings. The molecule has 58 heavy (non-hydrogen) atoms. The minimum Gasteiger partial charge on any atom is -0.0616 e. The quantitative estimate of drug-likeness (QED) is 0.122. The maximum atomic E-state index is 2.30. The van der Waals surface area contributed by atoms with Gasteiger partial charge in [-0.05, 0) is 130 Å². The summed E-state index contributed by atoms with van der Waals surface area (Å²) in [6, 6.07) is 66.1. The smallest absolute Gasteiger partial charge is 0.0105 e. The van der Waals surface area contributed by atoms with Gasteiger partial charge in [0.15, 0.2) is 0 Å². The summed E-state index contributed by atoms with van der Waals surface area (Å²) in [4.78, 5) is 0. The maximum Gasteiger partial charge on any atom is -0.0105 e. The first kappa shape index (κ1) is 37.9. The zero-order valence-corrected chi connectivity index (χ0v) is 33.8. The molecule has 0 saturated carbocycles. The van der Waals surface area contributed by atoms with Gasteiger partial charge in [0.2, 0.25) is 0 Å². The number of rotatable bonds is 10. The van der Waals surface area contributed by atoms with E-state index in [0.29, 0.717) is 0 Å². The molecule has 0 aliphatic heterocycles. The van der Waals surface area contributed by atoms with Gasteiger partial charge in [-0.3, -0.25) is 0 Å². The van der Waals surface area contributed by atoms with Crippen LogP contribution < -0.4 is 0 Å². The summed E-state index contributed by atoms with van der Waals surface area (Å²) in [5, 5.41) is 2.47. The van der Waals surface area contributed by atoms with Crippen LogP contribution in [0, 0.1) is 27.7 Å². The minimum atomic E-state index is 1.16. The number of aryl methyl sites for hydroxylation is 4. The molecule has 0 heterocycles. The van der Waals surface area contributed by atoms with E-state index in [0.717, 1.165) is 11.1 Å². The van der Waals surface area contributed by atoms with Gasteiger partial charge in [0.1, 0.15) is 0 Å². The van der Waals surface area contributed by atoms with Crippen LogP contribution in [0.2, 0.25) is 0 Å². The van der Waals surface area contributed by atoms with Gasteiger partial charge in [0, 0.05) is 0 Å². The minimum absolute atomic E-state index is 1.16. The highest BCUT2D eigenvalue weighted by atomic mass is 14.1. The van der Waals surface area contributed by atoms with E-state index in [4.69, 9.17) is 0 Å². The molecule has 0 saturated heterocycles. The van der Waals surface area contributed by atoms with Gasteiger partial charge < -0.3 is 0 Å². The Hall–Kier alpha value is -7.02. The van der Waals surface area contributed by atoms with Gasteiger partial charge >= 0.3 is 0 Å². The van der Waals surface area contributed by atoms with Gasteiger partial charge in [-0.15, -0.1) is 0 Å². The van der Waals surface area contributed by atoms with Crippen LogP contribution >= 0.6 is 0 Å². The summed E-state index contributed by atoms with van der Waals surface area (Å²) in [6.07, 6.45) is 13.5. The van der Waals surface area contributed by atoms with Gasteiger partial charge in [-0.1, -0.05) is 216 Å². The summed E-state index contributed by atoms with van der Waals surface area (Å²) >= 11 is 0. The van der Waals surface area contributed by atoms with Gasteiger partial charge in [0.05, 0.1) is 0 Å². The molecule has 0 heteroatoms. The van der Waals surface area contributed by atoms with Crippen molar-refractivity contribution in [2.45, 2.75) is 27.7 Å². The summed E-state index contributed by atoms with van der Waals surface area (Å²) in [7, 11) is 0. The average molecular weight is 745 g/mol. The van der Waals surface area contributed by atoms with E-state index < -0.39 is 0 Å². The third-order valence-corrected chi connectivity index (χ3v) is 10.8. The first-order valence-electron chi connectivity index (χ1n) is 20.1. The first-order valence-corrected chi connectivity index (χ1v) is 20.1. The second-order valence-corrected chi connectivity index (χ2v) is 15.4. The van der Waals surface area contributed by atoms with Crippen LogP contribution in [0.3, 0.4) is 0 Å². The lowest BCUT2D eigenvalue weighted by Crippen LogP contribution is -1.89. The Bertz CT molecular complexity index is 2670. The van der Waals surface area contributed by atoms with Crippen LogP contribution in [0.15, 0.2) is 182 Å². The molecule has 8 aromatic rings. The van der Waals surface area contributed by atoms with Crippen molar-refractivity contribution in [1.82, 2.24) is 0 Å². The second kappa shape index (κ2) is 17.4. The molecule has 0 amide bonds. The predicted octanol–water partition coefficient (Wildman–Crippen LogP) is 15.6. The third-order valence-electron chi connectivity index (χ3n) is 10.8. The van der Waals surface area contributed by atoms with E-state index in [1.807, 2.05) is 0 Å². The van der Waals surface area contributed by atoms with E-state index in [1.165, 1.54) is 88.7 Å². The molecule has 8 aromatic carbocycles. The average Bonchev–Trinajstić information content (AvgIpc) is 3.25. The van der Waals surface area contributed by atoms with E-state index in [1.54, 1.807) is 0 Å². The van der Waals surface area contributed by atoms with E-state index in [-0.39, 0.29) is 0 Å². The molecule has 0 unspecified atom stereocenters. The molecule has 0 bridgehead atoms. The zero-order chi connectivity index (χ0) is 39.8. The molecule has 0 radical (unpaired) electrons. The largest absolute Gasteiger partial charge is 0.0616 e. The van der Waals surface area contributed by atoms with Crippen LogP contribution in [0.25, 0.3) is 58.4 Å². The molecule has 0 spiro atoms. The highest BCUT2D eigenvalue weighted by Gasteiger charge is 2.08. The van der Waals surface area contributed by atoms with Gasteiger partial charge in [-0.2, -0.15) is 0 Å². The molecular formula is C58H48. The summed E-state index contributed by atoms with van der Waals surface area (Å²) in [5.41, 5.74) is 19.4. The molecule has 0 fully saturated rings. The first-order chi connectivity index (χ1) is 28.3. The lowest BCUT2D eigenvalue weighted by Gasteiger charge is -2.10. The van der Waals surface area contributed by atoms with Crippen LogP contribution in [0.1, 0.15) is 77.9 Å². The van der Waals surface area contributed by atoms with Crippen LogP contribution in [0.4, 0.5) is 0 Å². The van der Waals surface area contributed by atoms with E-state index in [9.17, 15) is 0 Å². The molecule has 280 valence electrons. The van der Waals surface area contributed by atoms with E-state index >= 15 is 0 Å². The molecular weight excluding hydrogens is 697 g/mol. The lowest BCUT2D eigenvalue weighted by molar-refractivity contribution is 1.43. The van der Waals surface area contributed by atoms with Crippen molar-refractivity contribution in [3.8, 4) is 0 Å². The number of benzene rings is 8. The molecule has 0 nitrogen and oxygen atoms in total. The fourth-order valence-corrected chi connectivity index (χ4v) is 7.32. The van der Waals surface area contributed by atoms with Gasteiger partial charge in [0.25, 0.3) is 0 Å². The van der Waals surface area contributed by atoms with Crippen molar-refractivity contribution in [2.75, 3.05) is 0 Å². The lowest BCUT2D eigenvalue weighted by atomic mass is 9.94. The second-order valence-electron chi connectivity index (χ2n) is 15.4. The van der Waals surface area contributed by atoms with Gasteiger partial charge in [-0.25, -0.2) is 0 Å². The van der Waals surface area contributed by atoms with Crippen molar-refractivity contribution in [3.63, 3.8) is 0 Å². The normalized spacial score (nSPS) is 11.3. The van der Waals surface area contributed by atoms with Crippen molar-refractivity contribution < 1.29 is 0 Å². The highest BCUT2D eigenvalue weighted by molar-refractivity contribution is 5.96. The van der Waals surface area contributed by atoms with E-state index in [2.05, 4.69) is 246 Å². The molecule has 0 aliphatic carbocycles. The van der Waals surface area contributed by atoms with Crippen LogP contribution in [-0.2, 0) is 0 Å². The number of hydrogen-bond donors (Lipinski definition) is 0. The fraction of sp³-hybridized carbons (Fsp3) is 0.0690. The van der Waals surface area contributed by atoms with Crippen molar-refractivity contribution >= 4 is 58.4 Å². The molecule has 8 rings (SSSR count). The number of fused-ring (bicyclic) bond motifs is 1.